The van der Waals surface area contributed by atoms with Gasteiger partial charge in [0.25, 0.3) is 0 Å². The van der Waals surface area contributed by atoms with E-state index in [4.69, 9.17) is 0 Å². The Labute approximate surface area is 143 Å². The van der Waals surface area contributed by atoms with E-state index < -0.39 is 0 Å². The highest BCUT2D eigenvalue weighted by molar-refractivity contribution is 7.98. The van der Waals surface area contributed by atoms with Crippen LogP contribution in [-0.4, -0.2) is 47.5 Å². The summed E-state index contributed by atoms with van der Waals surface area (Å²) in [4.78, 5) is 14.0. The molecule has 1 aromatic carbocycles. The van der Waals surface area contributed by atoms with E-state index in [1.807, 2.05) is 11.8 Å². The number of aliphatic hydroxyl groups excluding tert-OH is 1. The number of carbonyl (C=O) groups is 1. The predicted molar refractivity (Wildman–Crippen MR) is 96.8 cm³/mol. The van der Waals surface area contributed by atoms with Crippen molar-refractivity contribution < 1.29 is 9.90 Å². The average Bonchev–Trinajstić information content (AvgIpc) is 2.57. The molecule has 4 nitrogen and oxygen atoms in total. The molecule has 0 saturated carbocycles. The lowest BCUT2D eigenvalue weighted by molar-refractivity contribution is 0.108. The first kappa shape index (κ1) is 18.1. The van der Waals surface area contributed by atoms with Gasteiger partial charge in [0.1, 0.15) is 0 Å². The highest BCUT2D eigenvalue weighted by Crippen LogP contribution is 2.17. The quantitative estimate of drug-likeness (QED) is 0.752. The van der Waals surface area contributed by atoms with Gasteiger partial charge in [0.15, 0.2) is 0 Å². The van der Waals surface area contributed by atoms with Crippen LogP contribution in [0.25, 0.3) is 0 Å². The molecule has 0 bridgehead atoms. The number of amides is 2. The third-order valence-corrected chi connectivity index (χ3v) is 5.31. The van der Waals surface area contributed by atoms with Gasteiger partial charge in [-0.15, -0.1) is 0 Å². The van der Waals surface area contributed by atoms with E-state index in [1.54, 1.807) is 4.90 Å². The van der Waals surface area contributed by atoms with Crippen LogP contribution < -0.4 is 5.32 Å². The van der Waals surface area contributed by atoms with Crippen LogP contribution in [0.5, 0.6) is 0 Å². The van der Waals surface area contributed by atoms with Gasteiger partial charge in [0.05, 0.1) is 12.6 Å². The number of nitrogens with one attached hydrogen (secondary N) is 1. The van der Waals surface area contributed by atoms with Crippen molar-refractivity contribution in [2.24, 2.45) is 0 Å². The van der Waals surface area contributed by atoms with E-state index in [-0.39, 0.29) is 18.7 Å². The highest BCUT2D eigenvalue weighted by Gasteiger charge is 2.25. The summed E-state index contributed by atoms with van der Waals surface area (Å²) in [6.45, 7) is 3.65. The minimum absolute atomic E-state index is 0.000514. The molecule has 128 valence electrons. The Kier molecular flexibility index (Phi) is 7.76. The monoisotopic (exact) mass is 336 g/mol. The third kappa shape index (κ3) is 6.07. The predicted octanol–water partition coefficient (Wildman–Crippen LogP) is 3.17. The number of benzene rings is 1. The number of aliphatic hydroxyl groups is 1. The number of aryl methyl sites for hydroxylation is 1. The molecule has 1 aliphatic rings. The summed E-state index contributed by atoms with van der Waals surface area (Å²) >= 11 is 1.90. The second kappa shape index (κ2) is 9.83. The Balaban J connectivity index is 1.58. The van der Waals surface area contributed by atoms with Crippen LogP contribution in [0.4, 0.5) is 4.79 Å². The molecule has 0 unspecified atom stereocenters. The number of rotatable bonds is 7. The number of hydrogen-bond donors (Lipinski definition) is 2. The van der Waals surface area contributed by atoms with Crippen LogP contribution in [0.15, 0.2) is 24.3 Å². The fraction of sp³-hybridized carbons (Fsp3) is 0.611. The molecule has 0 radical (unpaired) electrons. The first-order valence-electron chi connectivity index (χ1n) is 8.49. The van der Waals surface area contributed by atoms with Crippen molar-refractivity contribution in [3.8, 4) is 0 Å². The zero-order valence-corrected chi connectivity index (χ0v) is 14.8. The molecule has 23 heavy (non-hydrogen) atoms. The van der Waals surface area contributed by atoms with Crippen molar-refractivity contribution in [2.75, 3.05) is 25.4 Å². The molecule has 1 atom stereocenters. The Hall–Kier alpha value is -1.20. The molecule has 1 saturated heterocycles. The van der Waals surface area contributed by atoms with E-state index in [0.717, 1.165) is 43.7 Å². The molecule has 0 aliphatic carbocycles. The van der Waals surface area contributed by atoms with Gasteiger partial charge >= 0.3 is 6.03 Å². The number of carbonyl (C=O) groups excluding carboxylic acids is 1. The average molecular weight is 337 g/mol. The first-order valence-corrected chi connectivity index (χ1v) is 9.65. The fourth-order valence-corrected chi connectivity index (χ4v) is 3.83. The maximum absolute atomic E-state index is 12.2. The molecule has 2 N–H and O–H groups in total. The summed E-state index contributed by atoms with van der Waals surface area (Å²) in [5.41, 5.74) is 2.66. The molecule has 0 spiro atoms. The Morgan fingerprint density at radius 3 is 3.09 bits per heavy atom. The van der Waals surface area contributed by atoms with Gasteiger partial charge in [-0.1, -0.05) is 29.8 Å². The SMILES string of the molecule is Cc1cccc(CSCCCNC(=O)N2CCCC[C@H]2CO)c1. The molecular formula is C18H28N2O2S. The van der Waals surface area contributed by atoms with Crippen molar-refractivity contribution in [3.05, 3.63) is 35.4 Å². The van der Waals surface area contributed by atoms with Crippen LogP contribution in [0.2, 0.25) is 0 Å². The summed E-state index contributed by atoms with van der Waals surface area (Å²) in [7, 11) is 0. The Bertz CT molecular complexity index is 496. The van der Waals surface area contributed by atoms with Crippen molar-refractivity contribution in [1.29, 1.82) is 0 Å². The zero-order chi connectivity index (χ0) is 16.5. The van der Waals surface area contributed by atoms with E-state index in [1.165, 1.54) is 11.1 Å². The number of piperidine rings is 1. The normalized spacial score (nSPS) is 18.0. The van der Waals surface area contributed by atoms with Crippen LogP contribution in [0.1, 0.15) is 36.8 Å². The first-order chi connectivity index (χ1) is 11.2. The highest BCUT2D eigenvalue weighted by atomic mass is 32.2. The molecule has 1 fully saturated rings. The fourth-order valence-electron chi connectivity index (χ4n) is 2.92. The summed E-state index contributed by atoms with van der Waals surface area (Å²) in [5, 5.41) is 12.3. The largest absolute Gasteiger partial charge is 0.394 e. The summed E-state index contributed by atoms with van der Waals surface area (Å²) in [6.07, 6.45) is 4.02. The minimum atomic E-state index is -0.0209. The van der Waals surface area contributed by atoms with Gasteiger partial charge in [-0.3, -0.25) is 0 Å². The van der Waals surface area contributed by atoms with E-state index in [2.05, 4.69) is 36.5 Å². The third-order valence-electron chi connectivity index (χ3n) is 4.19. The van der Waals surface area contributed by atoms with Crippen molar-refractivity contribution in [2.45, 2.75) is 44.4 Å². The van der Waals surface area contributed by atoms with Crippen LogP contribution in [0.3, 0.4) is 0 Å². The van der Waals surface area contributed by atoms with Crippen LogP contribution >= 0.6 is 11.8 Å². The van der Waals surface area contributed by atoms with Crippen molar-refractivity contribution in [3.63, 3.8) is 0 Å². The molecule has 1 heterocycles. The number of thioether (sulfide) groups is 1. The van der Waals surface area contributed by atoms with Crippen LogP contribution in [0, 0.1) is 6.92 Å². The molecule has 2 amide bonds. The maximum atomic E-state index is 12.2. The summed E-state index contributed by atoms with van der Waals surface area (Å²) in [6, 6.07) is 8.57. The van der Waals surface area contributed by atoms with Crippen molar-refractivity contribution >= 4 is 17.8 Å². The second-order valence-electron chi connectivity index (χ2n) is 6.15. The lowest BCUT2D eigenvalue weighted by atomic mass is 10.0. The van der Waals surface area contributed by atoms with Gasteiger partial charge in [-0.25, -0.2) is 4.79 Å². The summed E-state index contributed by atoms with van der Waals surface area (Å²) < 4.78 is 0. The van der Waals surface area contributed by atoms with E-state index >= 15 is 0 Å². The second-order valence-corrected chi connectivity index (χ2v) is 7.26. The lowest BCUT2D eigenvalue weighted by Gasteiger charge is -2.34. The minimum Gasteiger partial charge on any atom is -0.394 e. The van der Waals surface area contributed by atoms with E-state index in [0.29, 0.717) is 6.54 Å². The topological polar surface area (TPSA) is 52.6 Å². The number of likely N-dealkylation sites (tertiary alicyclic amines) is 1. The van der Waals surface area contributed by atoms with Gasteiger partial charge in [0, 0.05) is 18.8 Å². The maximum Gasteiger partial charge on any atom is 0.317 e. The molecule has 1 aromatic rings. The molecule has 2 rings (SSSR count). The van der Waals surface area contributed by atoms with E-state index in [9.17, 15) is 9.90 Å². The van der Waals surface area contributed by atoms with Gasteiger partial charge in [-0.2, -0.15) is 11.8 Å². The smallest absolute Gasteiger partial charge is 0.317 e. The number of nitrogens with zero attached hydrogens (tertiary/aromatic N) is 1. The summed E-state index contributed by atoms with van der Waals surface area (Å²) in [5.74, 6) is 2.06. The van der Waals surface area contributed by atoms with Crippen LogP contribution in [-0.2, 0) is 5.75 Å². The van der Waals surface area contributed by atoms with Crippen molar-refractivity contribution in [1.82, 2.24) is 10.2 Å². The zero-order valence-electron chi connectivity index (χ0n) is 14.0. The standard InChI is InChI=1S/C18H28N2O2S/c1-15-6-4-7-16(12-15)14-23-11-5-9-19-18(22)20-10-3-2-8-17(20)13-21/h4,6-7,12,17,21H,2-3,5,8-11,13-14H2,1H3,(H,19,22)/t17-/m0/s1. The van der Waals surface area contributed by atoms with Gasteiger partial charge < -0.3 is 15.3 Å². The molecule has 1 aliphatic heterocycles. The molecule has 5 heteroatoms. The lowest BCUT2D eigenvalue weighted by Crippen LogP contribution is -2.50. The Morgan fingerprint density at radius 2 is 2.30 bits per heavy atom. The molecular weight excluding hydrogens is 308 g/mol. The van der Waals surface area contributed by atoms with Gasteiger partial charge in [-0.05, 0) is 43.9 Å². The van der Waals surface area contributed by atoms with Gasteiger partial charge in [0.2, 0.25) is 0 Å². The number of hydrogen-bond acceptors (Lipinski definition) is 3. The Morgan fingerprint density at radius 1 is 1.43 bits per heavy atom. The molecule has 0 aromatic heterocycles. The number of urea groups is 1.